The Kier molecular flexibility index (Phi) is 7.29. The molecule has 0 amide bonds. The standard InChI is InChI=1S/C20H33N/c1-3-18-12-8-9-13-19(18)14-10-11-17-21(2)20-15-6-4-5-7-16-20/h8-9,12-13,20H,3-7,10-11,14-17H2,1-2H3. The van der Waals surface area contributed by atoms with E-state index in [4.69, 9.17) is 0 Å². The van der Waals surface area contributed by atoms with E-state index in [1.54, 1.807) is 5.56 Å². The third-order valence-electron chi connectivity index (χ3n) is 5.15. The number of aryl methyl sites for hydroxylation is 2. The molecular formula is C20H33N. The fraction of sp³-hybridized carbons (Fsp3) is 0.700. The summed E-state index contributed by atoms with van der Waals surface area (Å²) in [5.41, 5.74) is 3.10. The van der Waals surface area contributed by atoms with Crippen LogP contribution in [0, 0.1) is 0 Å². The lowest BCUT2D eigenvalue weighted by Crippen LogP contribution is -2.32. The van der Waals surface area contributed by atoms with Crippen LogP contribution >= 0.6 is 0 Å². The van der Waals surface area contributed by atoms with E-state index in [-0.39, 0.29) is 0 Å². The summed E-state index contributed by atoms with van der Waals surface area (Å²) in [7, 11) is 2.34. The van der Waals surface area contributed by atoms with Crippen molar-refractivity contribution in [2.45, 2.75) is 77.2 Å². The maximum Gasteiger partial charge on any atom is 0.00922 e. The maximum atomic E-state index is 2.64. The lowest BCUT2D eigenvalue weighted by molar-refractivity contribution is 0.217. The second kappa shape index (κ2) is 9.25. The van der Waals surface area contributed by atoms with Crippen molar-refractivity contribution in [3.05, 3.63) is 35.4 Å². The predicted octanol–water partition coefficient (Wildman–Crippen LogP) is 5.23. The largest absolute Gasteiger partial charge is 0.303 e. The minimum absolute atomic E-state index is 0.857. The molecule has 118 valence electrons. The van der Waals surface area contributed by atoms with Crippen molar-refractivity contribution in [2.24, 2.45) is 0 Å². The van der Waals surface area contributed by atoms with Crippen LogP contribution in [0.4, 0.5) is 0 Å². The molecule has 0 bridgehead atoms. The van der Waals surface area contributed by atoms with Crippen molar-refractivity contribution >= 4 is 0 Å². The second-order valence-corrected chi connectivity index (χ2v) is 6.71. The Hall–Kier alpha value is -0.820. The Morgan fingerprint density at radius 1 is 0.952 bits per heavy atom. The van der Waals surface area contributed by atoms with E-state index in [0.717, 1.165) is 12.5 Å². The van der Waals surface area contributed by atoms with E-state index in [0.29, 0.717) is 0 Å². The van der Waals surface area contributed by atoms with Gasteiger partial charge < -0.3 is 4.90 Å². The molecule has 1 aliphatic rings. The Labute approximate surface area is 131 Å². The van der Waals surface area contributed by atoms with Crippen LogP contribution in [0.5, 0.6) is 0 Å². The minimum Gasteiger partial charge on any atom is -0.303 e. The summed E-state index contributed by atoms with van der Waals surface area (Å²) in [6.45, 7) is 3.54. The average Bonchev–Trinajstić information content (AvgIpc) is 2.81. The molecule has 1 aliphatic carbocycles. The molecule has 0 atom stereocenters. The molecular weight excluding hydrogens is 254 g/mol. The van der Waals surface area contributed by atoms with Crippen molar-refractivity contribution in [3.8, 4) is 0 Å². The highest BCUT2D eigenvalue weighted by Gasteiger charge is 2.16. The van der Waals surface area contributed by atoms with Gasteiger partial charge in [0.25, 0.3) is 0 Å². The van der Waals surface area contributed by atoms with Crippen LogP contribution < -0.4 is 0 Å². The summed E-state index contributed by atoms with van der Waals surface area (Å²) in [4.78, 5) is 2.64. The molecule has 0 aromatic heterocycles. The first-order valence-electron chi connectivity index (χ1n) is 9.08. The number of unbranched alkanes of at least 4 members (excludes halogenated alkanes) is 1. The fourth-order valence-corrected chi connectivity index (χ4v) is 3.70. The molecule has 1 heteroatoms. The van der Waals surface area contributed by atoms with Gasteiger partial charge in [-0.15, -0.1) is 0 Å². The molecule has 1 fully saturated rings. The van der Waals surface area contributed by atoms with Crippen molar-refractivity contribution < 1.29 is 0 Å². The molecule has 21 heavy (non-hydrogen) atoms. The molecule has 0 heterocycles. The lowest BCUT2D eigenvalue weighted by Gasteiger charge is -2.27. The van der Waals surface area contributed by atoms with E-state index in [2.05, 4.69) is 43.1 Å². The lowest BCUT2D eigenvalue weighted by atomic mass is 10.00. The van der Waals surface area contributed by atoms with Gasteiger partial charge in [0.05, 0.1) is 0 Å². The maximum absolute atomic E-state index is 2.64. The smallest absolute Gasteiger partial charge is 0.00922 e. The number of rotatable bonds is 7. The van der Waals surface area contributed by atoms with Gasteiger partial charge in [-0.25, -0.2) is 0 Å². The van der Waals surface area contributed by atoms with Gasteiger partial charge in [0.1, 0.15) is 0 Å². The number of hydrogen-bond acceptors (Lipinski definition) is 1. The van der Waals surface area contributed by atoms with Crippen LogP contribution in [-0.4, -0.2) is 24.5 Å². The summed E-state index contributed by atoms with van der Waals surface area (Å²) in [5, 5.41) is 0. The SMILES string of the molecule is CCc1ccccc1CCCCN(C)C1CCCCCC1. The van der Waals surface area contributed by atoms with E-state index in [9.17, 15) is 0 Å². The van der Waals surface area contributed by atoms with Crippen molar-refractivity contribution in [2.75, 3.05) is 13.6 Å². The van der Waals surface area contributed by atoms with Gasteiger partial charge in [0, 0.05) is 6.04 Å². The van der Waals surface area contributed by atoms with Crippen LogP contribution in [0.2, 0.25) is 0 Å². The van der Waals surface area contributed by atoms with Crippen LogP contribution in [0.3, 0.4) is 0 Å². The molecule has 1 saturated carbocycles. The first-order valence-corrected chi connectivity index (χ1v) is 9.08. The molecule has 0 spiro atoms. The van der Waals surface area contributed by atoms with E-state index in [1.807, 2.05) is 0 Å². The van der Waals surface area contributed by atoms with Gasteiger partial charge >= 0.3 is 0 Å². The monoisotopic (exact) mass is 287 g/mol. The number of benzene rings is 1. The van der Waals surface area contributed by atoms with Gasteiger partial charge in [-0.3, -0.25) is 0 Å². The van der Waals surface area contributed by atoms with E-state index < -0.39 is 0 Å². The van der Waals surface area contributed by atoms with Gasteiger partial charge in [-0.05, 0) is 63.2 Å². The zero-order chi connectivity index (χ0) is 14.9. The molecule has 1 nitrogen and oxygen atoms in total. The third-order valence-corrected chi connectivity index (χ3v) is 5.15. The van der Waals surface area contributed by atoms with Crippen LogP contribution in [-0.2, 0) is 12.8 Å². The quantitative estimate of drug-likeness (QED) is 0.490. The Morgan fingerprint density at radius 2 is 1.62 bits per heavy atom. The van der Waals surface area contributed by atoms with E-state index in [1.165, 1.54) is 69.9 Å². The molecule has 2 rings (SSSR count). The zero-order valence-electron chi connectivity index (χ0n) is 14.1. The summed E-state index contributed by atoms with van der Waals surface area (Å²) in [6.07, 6.45) is 13.7. The molecule has 1 aromatic rings. The van der Waals surface area contributed by atoms with Gasteiger partial charge in [0.15, 0.2) is 0 Å². The second-order valence-electron chi connectivity index (χ2n) is 6.71. The first-order chi connectivity index (χ1) is 10.3. The highest BCUT2D eigenvalue weighted by Crippen LogP contribution is 2.21. The fourth-order valence-electron chi connectivity index (χ4n) is 3.70. The molecule has 0 radical (unpaired) electrons. The molecule has 0 aliphatic heterocycles. The highest BCUT2D eigenvalue weighted by molar-refractivity contribution is 5.26. The molecule has 0 unspecified atom stereocenters. The summed E-state index contributed by atoms with van der Waals surface area (Å²) >= 11 is 0. The normalized spacial score (nSPS) is 17.1. The van der Waals surface area contributed by atoms with Crippen LogP contribution in [0.25, 0.3) is 0 Å². The third kappa shape index (κ3) is 5.47. The Balaban J connectivity index is 1.69. The predicted molar refractivity (Wildman–Crippen MR) is 92.9 cm³/mol. The molecule has 1 aromatic carbocycles. The molecule has 0 saturated heterocycles. The molecule has 0 N–H and O–H groups in total. The Bertz CT molecular complexity index is 391. The number of nitrogens with zero attached hydrogens (tertiary/aromatic N) is 1. The van der Waals surface area contributed by atoms with Gasteiger partial charge in [0.2, 0.25) is 0 Å². The Morgan fingerprint density at radius 3 is 2.29 bits per heavy atom. The highest BCUT2D eigenvalue weighted by atomic mass is 15.1. The van der Waals surface area contributed by atoms with Crippen LogP contribution in [0.15, 0.2) is 24.3 Å². The minimum atomic E-state index is 0.857. The average molecular weight is 287 g/mol. The summed E-state index contributed by atoms with van der Waals surface area (Å²) in [5.74, 6) is 0. The van der Waals surface area contributed by atoms with Crippen LogP contribution in [0.1, 0.15) is 69.4 Å². The van der Waals surface area contributed by atoms with Gasteiger partial charge in [-0.2, -0.15) is 0 Å². The summed E-state index contributed by atoms with van der Waals surface area (Å²) < 4.78 is 0. The first kappa shape index (κ1) is 16.5. The van der Waals surface area contributed by atoms with Crippen molar-refractivity contribution in [1.82, 2.24) is 4.90 Å². The van der Waals surface area contributed by atoms with E-state index >= 15 is 0 Å². The number of hydrogen-bond donors (Lipinski definition) is 0. The van der Waals surface area contributed by atoms with Crippen molar-refractivity contribution in [3.63, 3.8) is 0 Å². The van der Waals surface area contributed by atoms with Crippen molar-refractivity contribution in [1.29, 1.82) is 0 Å². The topological polar surface area (TPSA) is 3.24 Å². The summed E-state index contributed by atoms with van der Waals surface area (Å²) in [6, 6.07) is 9.81. The zero-order valence-corrected chi connectivity index (χ0v) is 14.1. The van der Waals surface area contributed by atoms with Gasteiger partial charge in [-0.1, -0.05) is 56.9 Å².